The molecule has 2 aromatic rings. The van der Waals surface area contributed by atoms with Gasteiger partial charge in [-0.25, -0.2) is 4.98 Å². The van der Waals surface area contributed by atoms with Gasteiger partial charge in [-0.15, -0.1) is 0 Å². The molecule has 4 nitrogen and oxygen atoms in total. The summed E-state index contributed by atoms with van der Waals surface area (Å²) in [5, 5.41) is 2.80. The number of carbonyl (C=O) groups is 1. The van der Waals surface area contributed by atoms with Crippen molar-refractivity contribution in [2.24, 2.45) is 11.7 Å². The first-order chi connectivity index (χ1) is 11.2. The Morgan fingerprint density at radius 2 is 1.88 bits per heavy atom. The van der Waals surface area contributed by atoms with Crippen LogP contribution < -0.4 is 11.1 Å². The fourth-order valence-corrected chi connectivity index (χ4v) is 2.20. The number of primary amides is 1. The number of nitrogens with zero attached hydrogens (tertiary/aromatic N) is 1. The standard InChI is InChI=1S/C17H18F3N3O/c1-10(2)9-22-16-14(15(21)24)12(17(18,19)20)8-13(23-16)11-6-4-3-5-7-11/h3-8,10H,9H2,1-2H3,(H2,21,24)(H,22,23). The van der Waals surface area contributed by atoms with Gasteiger partial charge in [0.05, 0.1) is 16.8 Å². The van der Waals surface area contributed by atoms with E-state index in [2.05, 4.69) is 10.3 Å². The van der Waals surface area contributed by atoms with Crippen LogP contribution in [0.5, 0.6) is 0 Å². The summed E-state index contributed by atoms with van der Waals surface area (Å²) in [5.74, 6) is -1.16. The molecule has 0 unspecified atom stereocenters. The molecule has 0 aliphatic rings. The maximum absolute atomic E-state index is 13.4. The van der Waals surface area contributed by atoms with E-state index in [1.165, 1.54) is 0 Å². The quantitative estimate of drug-likeness (QED) is 0.868. The number of carbonyl (C=O) groups excluding carboxylic acids is 1. The predicted molar refractivity (Wildman–Crippen MR) is 86.5 cm³/mol. The summed E-state index contributed by atoms with van der Waals surface area (Å²) in [6, 6.07) is 9.32. The van der Waals surface area contributed by atoms with E-state index in [9.17, 15) is 18.0 Å². The average molecular weight is 337 g/mol. The molecule has 0 radical (unpaired) electrons. The van der Waals surface area contributed by atoms with Crippen molar-refractivity contribution in [3.63, 3.8) is 0 Å². The summed E-state index contributed by atoms with van der Waals surface area (Å²) in [6.45, 7) is 4.15. The van der Waals surface area contributed by atoms with E-state index in [0.29, 0.717) is 12.1 Å². The molecule has 0 saturated heterocycles. The average Bonchev–Trinajstić information content (AvgIpc) is 2.51. The van der Waals surface area contributed by atoms with Crippen LogP contribution in [0.1, 0.15) is 29.8 Å². The number of anilines is 1. The van der Waals surface area contributed by atoms with Gasteiger partial charge in [0.25, 0.3) is 5.91 Å². The minimum Gasteiger partial charge on any atom is -0.369 e. The molecule has 0 atom stereocenters. The number of hydrogen-bond acceptors (Lipinski definition) is 3. The Morgan fingerprint density at radius 3 is 2.38 bits per heavy atom. The van der Waals surface area contributed by atoms with Crippen molar-refractivity contribution in [2.75, 3.05) is 11.9 Å². The number of nitrogens with two attached hydrogens (primary N) is 1. The van der Waals surface area contributed by atoms with Gasteiger partial charge in [0, 0.05) is 12.1 Å². The fourth-order valence-electron chi connectivity index (χ4n) is 2.20. The number of rotatable bonds is 5. The van der Waals surface area contributed by atoms with Crippen molar-refractivity contribution in [3.05, 3.63) is 47.5 Å². The monoisotopic (exact) mass is 337 g/mol. The molecule has 0 spiro atoms. The molecule has 7 heteroatoms. The molecule has 0 aliphatic heterocycles. The molecular weight excluding hydrogens is 319 g/mol. The van der Waals surface area contributed by atoms with Crippen LogP contribution >= 0.6 is 0 Å². The summed E-state index contributed by atoms with van der Waals surface area (Å²) < 4.78 is 40.3. The second kappa shape index (κ2) is 6.90. The molecule has 0 saturated carbocycles. The fraction of sp³-hybridized carbons (Fsp3) is 0.294. The molecule has 1 aromatic heterocycles. The van der Waals surface area contributed by atoms with E-state index in [0.717, 1.165) is 6.07 Å². The van der Waals surface area contributed by atoms with E-state index in [1.54, 1.807) is 30.3 Å². The molecule has 2 rings (SSSR count). The normalized spacial score (nSPS) is 11.6. The predicted octanol–water partition coefficient (Wildman–Crippen LogP) is 3.93. The van der Waals surface area contributed by atoms with Gasteiger partial charge in [-0.05, 0) is 12.0 Å². The summed E-state index contributed by atoms with van der Waals surface area (Å²) in [5.41, 5.74) is 4.11. The number of halogens is 3. The number of alkyl halides is 3. The Balaban J connectivity index is 2.67. The Kier molecular flexibility index (Phi) is 5.11. The minimum absolute atomic E-state index is 0.124. The first-order valence-electron chi connectivity index (χ1n) is 7.41. The van der Waals surface area contributed by atoms with Gasteiger partial charge in [-0.3, -0.25) is 4.79 Å². The maximum atomic E-state index is 13.4. The lowest BCUT2D eigenvalue weighted by molar-refractivity contribution is -0.137. The van der Waals surface area contributed by atoms with Crippen molar-refractivity contribution >= 4 is 11.7 Å². The number of hydrogen-bond donors (Lipinski definition) is 2. The van der Waals surface area contributed by atoms with Crippen molar-refractivity contribution in [3.8, 4) is 11.3 Å². The highest BCUT2D eigenvalue weighted by Crippen LogP contribution is 2.37. The van der Waals surface area contributed by atoms with E-state index >= 15 is 0 Å². The van der Waals surface area contributed by atoms with Gasteiger partial charge < -0.3 is 11.1 Å². The van der Waals surface area contributed by atoms with Gasteiger partial charge in [-0.2, -0.15) is 13.2 Å². The highest BCUT2D eigenvalue weighted by Gasteiger charge is 2.37. The second-order valence-corrected chi connectivity index (χ2v) is 5.78. The van der Waals surface area contributed by atoms with Gasteiger partial charge in [0.1, 0.15) is 5.82 Å². The third kappa shape index (κ3) is 4.04. The van der Waals surface area contributed by atoms with E-state index < -0.39 is 23.2 Å². The molecule has 1 amide bonds. The number of aromatic nitrogens is 1. The van der Waals surface area contributed by atoms with Crippen molar-refractivity contribution in [1.82, 2.24) is 4.98 Å². The molecule has 1 aromatic carbocycles. The van der Waals surface area contributed by atoms with E-state index in [1.807, 2.05) is 13.8 Å². The van der Waals surface area contributed by atoms with Crippen LogP contribution in [-0.2, 0) is 6.18 Å². The molecule has 0 fully saturated rings. The van der Waals surface area contributed by atoms with Crippen LogP contribution in [0, 0.1) is 5.92 Å². The topological polar surface area (TPSA) is 68.0 Å². The Labute approximate surface area is 137 Å². The number of nitrogens with one attached hydrogen (secondary N) is 1. The maximum Gasteiger partial charge on any atom is 0.417 e. The third-order valence-electron chi connectivity index (χ3n) is 3.32. The van der Waals surface area contributed by atoms with Gasteiger partial charge >= 0.3 is 6.18 Å². The Bertz CT molecular complexity index is 728. The first kappa shape index (κ1) is 17.8. The summed E-state index contributed by atoms with van der Waals surface area (Å²) in [7, 11) is 0. The zero-order chi connectivity index (χ0) is 17.9. The molecule has 3 N–H and O–H groups in total. The van der Waals surface area contributed by atoms with Crippen LogP contribution in [0.15, 0.2) is 36.4 Å². The van der Waals surface area contributed by atoms with Crippen LogP contribution in [0.4, 0.5) is 19.0 Å². The van der Waals surface area contributed by atoms with Crippen molar-refractivity contribution in [2.45, 2.75) is 20.0 Å². The van der Waals surface area contributed by atoms with Gasteiger partial charge in [-0.1, -0.05) is 44.2 Å². The smallest absolute Gasteiger partial charge is 0.369 e. The Morgan fingerprint density at radius 1 is 1.25 bits per heavy atom. The van der Waals surface area contributed by atoms with E-state index in [4.69, 9.17) is 5.73 Å². The Hall–Kier alpha value is -2.57. The zero-order valence-corrected chi connectivity index (χ0v) is 13.3. The lowest BCUT2D eigenvalue weighted by atomic mass is 10.0. The molecule has 0 aliphatic carbocycles. The summed E-state index contributed by atoms with van der Waals surface area (Å²) in [4.78, 5) is 15.8. The zero-order valence-electron chi connectivity index (χ0n) is 13.3. The van der Waals surface area contributed by atoms with E-state index in [-0.39, 0.29) is 17.4 Å². The second-order valence-electron chi connectivity index (χ2n) is 5.78. The molecular formula is C17H18F3N3O. The SMILES string of the molecule is CC(C)CNc1nc(-c2ccccc2)cc(C(F)(F)F)c1C(N)=O. The first-order valence-corrected chi connectivity index (χ1v) is 7.41. The summed E-state index contributed by atoms with van der Waals surface area (Å²) >= 11 is 0. The molecule has 128 valence electrons. The third-order valence-corrected chi connectivity index (χ3v) is 3.32. The van der Waals surface area contributed by atoms with Gasteiger partial charge in [0.2, 0.25) is 0 Å². The number of benzene rings is 1. The summed E-state index contributed by atoms with van der Waals surface area (Å²) in [6.07, 6.45) is -4.72. The highest BCUT2D eigenvalue weighted by molar-refractivity contribution is 6.00. The molecule has 1 heterocycles. The van der Waals surface area contributed by atoms with Crippen molar-refractivity contribution < 1.29 is 18.0 Å². The highest BCUT2D eigenvalue weighted by atomic mass is 19.4. The van der Waals surface area contributed by atoms with Crippen LogP contribution in [0.2, 0.25) is 0 Å². The number of amides is 1. The lowest BCUT2D eigenvalue weighted by Gasteiger charge is -2.18. The van der Waals surface area contributed by atoms with Crippen molar-refractivity contribution in [1.29, 1.82) is 0 Å². The van der Waals surface area contributed by atoms with Crippen LogP contribution in [-0.4, -0.2) is 17.4 Å². The van der Waals surface area contributed by atoms with Gasteiger partial charge in [0.15, 0.2) is 0 Å². The minimum atomic E-state index is -4.72. The molecule has 24 heavy (non-hydrogen) atoms. The largest absolute Gasteiger partial charge is 0.417 e. The number of pyridine rings is 1. The molecule has 0 bridgehead atoms. The van der Waals surface area contributed by atoms with Crippen LogP contribution in [0.3, 0.4) is 0 Å². The lowest BCUT2D eigenvalue weighted by Crippen LogP contribution is -2.23. The van der Waals surface area contributed by atoms with Crippen LogP contribution in [0.25, 0.3) is 11.3 Å².